The molecule has 0 saturated heterocycles. The summed E-state index contributed by atoms with van der Waals surface area (Å²) >= 11 is 2.29. The van der Waals surface area contributed by atoms with Gasteiger partial charge in [-0.3, -0.25) is 0 Å². The van der Waals surface area contributed by atoms with Crippen LogP contribution >= 0.6 is 22.6 Å². The first-order valence-corrected chi connectivity index (χ1v) is 6.51. The van der Waals surface area contributed by atoms with E-state index in [0.717, 1.165) is 18.7 Å². The summed E-state index contributed by atoms with van der Waals surface area (Å²) < 4.78 is 13.9. The molecule has 0 amide bonds. The number of nitrogens with one attached hydrogen (secondary N) is 1. The van der Waals surface area contributed by atoms with Crippen LogP contribution in [0.3, 0.4) is 0 Å². The van der Waals surface area contributed by atoms with E-state index < -0.39 is 0 Å². The smallest absolute Gasteiger partial charge is 0.123 e. The Kier molecular flexibility index (Phi) is 4.50. The second-order valence-corrected chi connectivity index (χ2v) is 5.10. The van der Waals surface area contributed by atoms with E-state index in [-0.39, 0.29) is 5.82 Å². The summed E-state index contributed by atoms with van der Waals surface area (Å²) in [7, 11) is 0. The maximum Gasteiger partial charge on any atom is 0.123 e. The Hall–Kier alpha value is -0.940. The van der Waals surface area contributed by atoms with Crippen molar-refractivity contribution >= 4 is 22.6 Å². The van der Waals surface area contributed by atoms with Crippen LogP contribution in [0.5, 0.6) is 0 Å². The third-order valence-corrected chi connectivity index (χ3v) is 3.20. The Labute approximate surface area is 114 Å². The summed E-state index contributed by atoms with van der Waals surface area (Å²) in [4.78, 5) is 0. The van der Waals surface area contributed by atoms with Crippen molar-refractivity contribution in [2.45, 2.75) is 13.1 Å². The third kappa shape index (κ3) is 4.09. The number of rotatable bonds is 4. The van der Waals surface area contributed by atoms with Crippen LogP contribution in [0, 0.1) is 9.39 Å². The number of hydrogen-bond acceptors (Lipinski definition) is 1. The zero-order chi connectivity index (χ0) is 12.1. The molecule has 0 aromatic heterocycles. The van der Waals surface area contributed by atoms with E-state index in [1.807, 2.05) is 0 Å². The van der Waals surface area contributed by atoms with Crippen LogP contribution in [-0.4, -0.2) is 0 Å². The van der Waals surface area contributed by atoms with Crippen LogP contribution < -0.4 is 5.32 Å². The Balaban J connectivity index is 1.83. The molecule has 2 rings (SSSR count). The molecule has 1 N–H and O–H groups in total. The average molecular weight is 341 g/mol. The molecule has 0 unspecified atom stereocenters. The lowest BCUT2D eigenvalue weighted by Gasteiger charge is -2.05. The molecular weight excluding hydrogens is 328 g/mol. The number of halogens is 2. The minimum atomic E-state index is -0.189. The van der Waals surface area contributed by atoms with E-state index in [1.165, 1.54) is 21.3 Å². The first-order valence-electron chi connectivity index (χ1n) is 5.43. The second kappa shape index (κ2) is 6.12. The molecule has 0 aliphatic rings. The van der Waals surface area contributed by atoms with E-state index >= 15 is 0 Å². The van der Waals surface area contributed by atoms with Crippen LogP contribution in [0.1, 0.15) is 11.1 Å². The van der Waals surface area contributed by atoms with Crippen molar-refractivity contribution in [2.75, 3.05) is 0 Å². The summed E-state index contributed by atoms with van der Waals surface area (Å²) in [5.41, 5.74) is 2.35. The van der Waals surface area contributed by atoms with Gasteiger partial charge in [-0.05, 0) is 58.0 Å². The molecule has 3 heteroatoms. The van der Waals surface area contributed by atoms with Crippen LogP contribution in [0.4, 0.5) is 4.39 Å². The summed E-state index contributed by atoms with van der Waals surface area (Å²) in [6.07, 6.45) is 0. The lowest BCUT2D eigenvalue weighted by atomic mass is 10.2. The maximum atomic E-state index is 12.7. The maximum absolute atomic E-state index is 12.7. The molecule has 2 aromatic carbocycles. The normalized spacial score (nSPS) is 10.5. The second-order valence-electron chi connectivity index (χ2n) is 3.86. The van der Waals surface area contributed by atoms with Crippen molar-refractivity contribution in [3.8, 4) is 0 Å². The van der Waals surface area contributed by atoms with Gasteiger partial charge in [0.25, 0.3) is 0 Å². The van der Waals surface area contributed by atoms with Crippen molar-refractivity contribution in [1.82, 2.24) is 5.32 Å². The molecule has 0 saturated carbocycles. The molecule has 2 aromatic rings. The van der Waals surface area contributed by atoms with Crippen LogP contribution in [-0.2, 0) is 13.1 Å². The largest absolute Gasteiger partial charge is 0.309 e. The van der Waals surface area contributed by atoms with E-state index in [0.29, 0.717) is 0 Å². The molecule has 0 bridgehead atoms. The Morgan fingerprint density at radius 1 is 0.824 bits per heavy atom. The molecular formula is C14H13FIN. The highest BCUT2D eigenvalue weighted by Gasteiger charge is 1.95. The highest BCUT2D eigenvalue weighted by molar-refractivity contribution is 14.1. The highest BCUT2D eigenvalue weighted by atomic mass is 127. The van der Waals surface area contributed by atoms with Gasteiger partial charge in [-0.25, -0.2) is 4.39 Å². The van der Waals surface area contributed by atoms with Gasteiger partial charge in [0.05, 0.1) is 0 Å². The Morgan fingerprint density at radius 2 is 1.29 bits per heavy atom. The fourth-order valence-electron chi connectivity index (χ4n) is 1.56. The zero-order valence-electron chi connectivity index (χ0n) is 9.29. The van der Waals surface area contributed by atoms with Gasteiger partial charge in [0.15, 0.2) is 0 Å². The summed E-state index contributed by atoms with van der Waals surface area (Å²) in [6.45, 7) is 1.58. The van der Waals surface area contributed by atoms with Gasteiger partial charge in [-0.1, -0.05) is 24.3 Å². The van der Waals surface area contributed by atoms with Gasteiger partial charge in [0.1, 0.15) is 5.82 Å². The van der Waals surface area contributed by atoms with Crippen LogP contribution in [0.15, 0.2) is 48.5 Å². The van der Waals surface area contributed by atoms with Crippen molar-refractivity contribution in [1.29, 1.82) is 0 Å². The molecule has 0 aliphatic heterocycles. The molecule has 17 heavy (non-hydrogen) atoms. The monoisotopic (exact) mass is 341 g/mol. The average Bonchev–Trinajstić information content (AvgIpc) is 2.34. The van der Waals surface area contributed by atoms with E-state index in [1.54, 1.807) is 12.1 Å². The van der Waals surface area contributed by atoms with Gasteiger partial charge in [-0.2, -0.15) is 0 Å². The number of benzene rings is 2. The quantitative estimate of drug-likeness (QED) is 0.836. The minimum Gasteiger partial charge on any atom is -0.309 e. The van der Waals surface area contributed by atoms with Gasteiger partial charge in [0.2, 0.25) is 0 Å². The van der Waals surface area contributed by atoms with Crippen molar-refractivity contribution in [3.05, 3.63) is 69.0 Å². The summed E-state index contributed by atoms with van der Waals surface area (Å²) in [6, 6.07) is 15.0. The Bertz CT molecular complexity index is 419. The predicted octanol–water partition coefficient (Wildman–Crippen LogP) is 3.72. The third-order valence-electron chi connectivity index (χ3n) is 2.48. The van der Waals surface area contributed by atoms with E-state index in [2.05, 4.69) is 52.2 Å². The van der Waals surface area contributed by atoms with E-state index in [4.69, 9.17) is 0 Å². The zero-order valence-corrected chi connectivity index (χ0v) is 11.4. The lowest BCUT2D eigenvalue weighted by Crippen LogP contribution is -2.12. The standard InChI is InChI=1S/C14H13FIN/c15-13-5-1-11(2-6-13)9-17-10-12-3-7-14(16)8-4-12/h1-8,17H,9-10H2. The van der Waals surface area contributed by atoms with Gasteiger partial charge in [-0.15, -0.1) is 0 Å². The number of hydrogen-bond donors (Lipinski definition) is 1. The molecule has 0 aliphatic carbocycles. The molecule has 0 heterocycles. The lowest BCUT2D eigenvalue weighted by molar-refractivity contribution is 0.625. The molecule has 0 radical (unpaired) electrons. The first kappa shape index (κ1) is 12.5. The predicted molar refractivity (Wildman–Crippen MR) is 76.1 cm³/mol. The first-order chi connectivity index (χ1) is 8.24. The molecule has 0 fully saturated rings. The van der Waals surface area contributed by atoms with Gasteiger partial charge >= 0.3 is 0 Å². The molecule has 0 spiro atoms. The Morgan fingerprint density at radius 3 is 1.82 bits per heavy atom. The van der Waals surface area contributed by atoms with E-state index in [9.17, 15) is 4.39 Å². The summed E-state index contributed by atoms with van der Waals surface area (Å²) in [5, 5.41) is 3.33. The highest BCUT2D eigenvalue weighted by Crippen LogP contribution is 2.07. The fourth-order valence-corrected chi connectivity index (χ4v) is 1.92. The fraction of sp³-hybridized carbons (Fsp3) is 0.143. The summed E-state index contributed by atoms with van der Waals surface area (Å²) in [5.74, 6) is -0.189. The van der Waals surface area contributed by atoms with Gasteiger partial charge in [0, 0.05) is 16.7 Å². The van der Waals surface area contributed by atoms with Crippen molar-refractivity contribution < 1.29 is 4.39 Å². The minimum absolute atomic E-state index is 0.189. The van der Waals surface area contributed by atoms with Crippen LogP contribution in [0.25, 0.3) is 0 Å². The van der Waals surface area contributed by atoms with Gasteiger partial charge < -0.3 is 5.32 Å². The SMILES string of the molecule is Fc1ccc(CNCc2ccc(I)cc2)cc1. The topological polar surface area (TPSA) is 12.0 Å². The molecule has 1 nitrogen and oxygen atoms in total. The van der Waals surface area contributed by atoms with Crippen molar-refractivity contribution in [2.24, 2.45) is 0 Å². The van der Waals surface area contributed by atoms with Crippen molar-refractivity contribution in [3.63, 3.8) is 0 Å². The molecule has 0 atom stereocenters. The van der Waals surface area contributed by atoms with Crippen LogP contribution in [0.2, 0.25) is 0 Å². The molecule has 88 valence electrons.